The van der Waals surface area contributed by atoms with Crippen molar-refractivity contribution in [3.8, 4) is 22.8 Å². The van der Waals surface area contributed by atoms with Crippen LogP contribution >= 0.6 is 0 Å². The lowest BCUT2D eigenvalue weighted by atomic mass is 10.1. The van der Waals surface area contributed by atoms with Crippen LogP contribution < -0.4 is 23.0 Å². The van der Waals surface area contributed by atoms with Crippen LogP contribution in [0.5, 0.6) is 0 Å². The number of nitrogens with two attached hydrogens (primary N) is 3. The maximum absolute atomic E-state index is 12.9. The second kappa shape index (κ2) is 20.2. The summed E-state index contributed by atoms with van der Waals surface area (Å²) in [7, 11) is 0. The minimum Gasteiger partial charge on any atom is -0.434 e. The normalized spacial score (nSPS) is 11.3. The van der Waals surface area contributed by atoms with E-state index in [4.69, 9.17) is 10.6 Å². The predicted molar refractivity (Wildman–Crippen MR) is 178 cm³/mol. The number of ether oxygens (including phenoxy) is 2. The van der Waals surface area contributed by atoms with Gasteiger partial charge in [-0.25, -0.2) is 34.8 Å². The molecule has 16 nitrogen and oxygen atoms in total. The van der Waals surface area contributed by atoms with Gasteiger partial charge in [-0.15, -0.1) is 10.2 Å². The molecule has 0 aliphatic carbocycles. The lowest BCUT2D eigenvalue weighted by molar-refractivity contribution is -0.138. The molecule has 4 aromatic rings. The third-order valence-corrected chi connectivity index (χ3v) is 5.95. The highest BCUT2D eigenvalue weighted by Crippen LogP contribution is 2.33. The Labute approximate surface area is 297 Å². The summed E-state index contributed by atoms with van der Waals surface area (Å²) in [6.45, 7) is 6.84. The molecule has 2 aromatic carbocycles. The molecule has 0 atom stereocenters. The molecular formula is C31H36F6N10O6. The Balaban J connectivity index is 0.000000509. The van der Waals surface area contributed by atoms with E-state index in [1.54, 1.807) is 13.0 Å². The molecule has 0 radical (unpaired) electrons. The van der Waals surface area contributed by atoms with Crippen LogP contribution in [0.3, 0.4) is 0 Å². The van der Waals surface area contributed by atoms with Crippen molar-refractivity contribution in [3.05, 3.63) is 83.5 Å². The van der Waals surface area contributed by atoms with Gasteiger partial charge >= 0.3 is 24.5 Å². The van der Waals surface area contributed by atoms with Crippen LogP contribution in [0.4, 0.5) is 31.1 Å². The predicted octanol–water partition coefficient (Wildman–Crippen LogP) is 3.81. The molecule has 0 saturated heterocycles. The smallest absolute Gasteiger partial charge is 0.434 e. The number of benzene rings is 2. The second-order valence-corrected chi connectivity index (χ2v) is 10.8. The zero-order valence-corrected chi connectivity index (χ0v) is 28.4. The van der Waals surface area contributed by atoms with Crippen LogP contribution in [0.1, 0.15) is 36.1 Å². The fraction of sp³-hybridized carbons (Fsp3) is 0.258. The van der Waals surface area contributed by atoms with E-state index in [1.807, 2.05) is 19.3 Å². The molecule has 0 unspecified atom stereocenters. The second-order valence-electron chi connectivity index (χ2n) is 10.8. The lowest BCUT2D eigenvalue weighted by Crippen LogP contribution is -2.28. The molecule has 0 aliphatic rings. The van der Waals surface area contributed by atoms with Crippen LogP contribution in [0.25, 0.3) is 35.2 Å². The first-order chi connectivity index (χ1) is 24.3. The van der Waals surface area contributed by atoms with Crippen molar-refractivity contribution in [2.75, 3.05) is 6.61 Å². The lowest BCUT2D eigenvalue weighted by Gasteiger charge is -2.09. The summed E-state index contributed by atoms with van der Waals surface area (Å²) >= 11 is 0. The molecule has 0 bridgehead atoms. The van der Waals surface area contributed by atoms with Gasteiger partial charge in [0.1, 0.15) is 12.7 Å². The van der Waals surface area contributed by atoms with Crippen molar-refractivity contribution < 1.29 is 55.7 Å². The summed E-state index contributed by atoms with van der Waals surface area (Å²) in [5.74, 6) is 11.6. The summed E-state index contributed by atoms with van der Waals surface area (Å²) in [4.78, 5) is 41.6. The van der Waals surface area contributed by atoms with Crippen molar-refractivity contribution in [2.24, 2.45) is 23.4 Å². The highest BCUT2D eigenvalue weighted by molar-refractivity contribution is 5.91. The summed E-state index contributed by atoms with van der Waals surface area (Å²) < 4.78 is 88.6. The number of carbonyl (C=O) groups is 3. The number of rotatable bonds is 8. The highest BCUT2D eigenvalue weighted by Gasteiger charge is 2.32. The Hall–Kier alpha value is -5.97. The molecule has 9 N–H and O–H groups in total. The van der Waals surface area contributed by atoms with Crippen molar-refractivity contribution in [2.45, 2.75) is 40.0 Å². The van der Waals surface area contributed by atoms with Crippen LogP contribution in [0.2, 0.25) is 0 Å². The number of nitrogens with zero attached hydrogens (tertiary/aromatic N) is 6. The molecule has 22 heteroatoms. The van der Waals surface area contributed by atoms with E-state index in [0.717, 1.165) is 47.3 Å². The van der Waals surface area contributed by atoms with Gasteiger partial charge in [-0.1, -0.05) is 13.8 Å². The number of aromatic nitrogens is 6. The first-order valence-corrected chi connectivity index (χ1v) is 14.6. The van der Waals surface area contributed by atoms with Gasteiger partial charge in [0, 0.05) is 35.7 Å². The molecule has 53 heavy (non-hydrogen) atoms. The zero-order valence-electron chi connectivity index (χ0n) is 28.4. The molecular weight excluding hydrogens is 722 g/mol. The minimum absolute atomic E-state index is 0. The number of aryl methyl sites for hydroxylation is 2. The number of carbonyl (C=O) groups excluding carboxylic acids is 3. The minimum atomic E-state index is -4.49. The van der Waals surface area contributed by atoms with Crippen LogP contribution in [0, 0.1) is 19.8 Å². The molecule has 2 aromatic heterocycles. The largest absolute Gasteiger partial charge is 0.516 e. The molecule has 288 valence electrons. The van der Waals surface area contributed by atoms with E-state index in [9.17, 15) is 40.7 Å². The van der Waals surface area contributed by atoms with E-state index >= 15 is 0 Å². The summed E-state index contributed by atoms with van der Waals surface area (Å²) in [6.07, 6.45) is -3.14. The summed E-state index contributed by atoms with van der Waals surface area (Å²) in [6, 6.07) is 7.04. The average molecular weight is 759 g/mol. The first-order valence-electron chi connectivity index (χ1n) is 14.6. The first kappa shape index (κ1) is 45.1. The molecule has 0 spiro atoms. The van der Waals surface area contributed by atoms with Crippen molar-refractivity contribution >= 4 is 30.4 Å². The molecule has 2 heterocycles. The van der Waals surface area contributed by atoms with E-state index in [2.05, 4.69) is 36.6 Å². The fourth-order valence-corrected chi connectivity index (χ4v) is 3.82. The Kier molecular flexibility index (Phi) is 17.1. The standard InChI is InChI=1S/C18H18F3N3O4.C13H12F3N5O.H4N2.H2O/c1-11(2)9-27-17(26)28-15(25)4-5-24-10-22-16(23-24)13-6-12(3)7-14(8-13)18(19,20)21;1-8-4-9(6-10(5-8)13(14,15)16)12-18-7-21(20-12)3-2-11(22)19-17;1-2;/h4-8,10-11H,9H2,1-3H3;2-7H,17H2,1H3,(H,19,22);1-2H2;1H2/b5-4-;3-2-;;. The van der Waals surface area contributed by atoms with Crippen LogP contribution in [-0.4, -0.2) is 59.6 Å². The Morgan fingerprint density at radius 2 is 1.23 bits per heavy atom. The number of hydrogen-bond donors (Lipinski definition) is 4. The van der Waals surface area contributed by atoms with Gasteiger partial charge in [0.2, 0.25) is 0 Å². The fourth-order valence-electron chi connectivity index (χ4n) is 3.82. The molecule has 1 amide bonds. The zero-order chi connectivity index (χ0) is 39.2. The number of nitrogens with one attached hydrogen (secondary N) is 1. The van der Waals surface area contributed by atoms with Crippen LogP contribution in [-0.2, 0) is 31.4 Å². The maximum atomic E-state index is 12.9. The van der Waals surface area contributed by atoms with Crippen LogP contribution in [0.15, 0.2) is 61.2 Å². The number of hydrazine groups is 2. The molecule has 4 rings (SSSR count). The van der Waals surface area contributed by atoms with Gasteiger partial charge in [-0.2, -0.15) is 26.3 Å². The molecule has 0 aliphatic heterocycles. The summed E-state index contributed by atoms with van der Waals surface area (Å²) in [5.41, 5.74) is 1.58. The van der Waals surface area contributed by atoms with Gasteiger partial charge in [-0.05, 0) is 67.3 Å². The van der Waals surface area contributed by atoms with Crippen molar-refractivity contribution in [1.82, 2.24) is 35.0 Å². The highest BCUT2D eigenvalue weighted by atomic mass is 19.4. The topological polar surface area (TPSA) is 253 Å². The van der Waals surface area contributed by atoms with Gasteiger partial charge in [0.05, 0.1) is 17.7 Å². The van der Waals surface area contributed by atoms with Crippen molar-refractivity contribution in [3.63, 3.8) is 0 Å². The van der Waals surface area contributed by atoms with Crippen molar-refractivity contribution in [1.29, 1.82) is 0 Å². The number of alkyl halides is 6. The van der Waals surface area contributed by atoms with Gasteiger partial charge in [0.25, 0.3) is 5.91 Å². The molecule has 0 saturated carbocycles. The Morgan fingerprint density at radius 1 is 0.792 bits per heavy atom. The van der Waals surface area contributed by atoms with E-state index in [-0.39, 0.29) is 40.8 Å². The Morgan fingerprint density at radius 3 is 1.62 bits per heavy atom. The van der Waals surface area contributed by atoms with Gasteiger partial charge in [-0.3, -0.25) is 21.9 Å². The van der Waals surface area contributed by atoms with Gasteiger partial charge in [0.15, 0.2) is 11.6 Å². The molecule has 0 fully saturated rings. The SMILES string of the molecule is Cc1cc(-c2ncn(/C=C\C(=O)NN)n2)cc(C(F)(F)F)c1.Cc1cc(-c2ncn(/C=C\C(=O)OC(=O)OCC(C)C)n2)cc(C(F)(F)F)c1.NN.O. The third-order valence-electron chi connectivity index (χ3n) is 5.95. The quantitative estimate of drug-likeness (QED) is 0.0381. The number of halogens is 6. The monoisotopic (exact) mass is 758 g/mol. The van der Waals surface area contributed by atoms with E-state index < -0.39 is 41.5 Å². The maximum Gasteiger partial charge on any atom is 0.516 e. The number of esters is 1. The third kappa shape index (κ3) is 15.0. The number of hydrogen-bond acceptors (Lipinski definition) is 12. The van der Waals surface area contributed by atoms with Gasteiger partial charge < -0.3 is 14.9 Å². The Bertz CT molecular complexity index is 1890. The van der Waals surface area contributed by atoms with E-state index in [1.165, 1.54) is 36.5 Å². The number of amides is 1. The average Bonchev–Trinajstić information content (AvgIpc) is 3.76. The summed E-state index contributed by atoms with van der Waals surface area (Å²) in [5, 5.41) is 7.96. The van der Waals surface area contributed by atoms with E-state index in [0.29, 0.717) is 11.1 Å².